The van der Waals surface area contributed by atoms with Crippen LogP contribution in [0.25, 0.3) is 55.0 Å². The third-order valence-electron chi connectivity index (χ3n) is 8.76. The topological polar surface area (TPSA) is 16.4 Å². The molecule has 0 N–H and O–H groups in total. The number of hydrogen-bond acceptors (Lipinski definition) is 2. The first-order valence-electron chi connectivity index (χ1n) is 15.1. The van der Waals surface area contributed by atoms with Crippen molar-refractivity contribution < 1.29 is 4.42 Å². The molecule has 44 heavy (non-hydrogen) atoms. The highest BCUT2D eigenvalue weighted by molar-refractivity contribution is 6.06. The fraction of sp³-hybridized carbons (Fsp3) is 0.0476. The molecule has 0 atom stereocenters. The number of para-hydroxylation sites is 1. The molecule has 0 aliphatic rings. The lowest BCUT2D eigenvalue weighted by atomic mass is 9.95. The molecule has 2 nitrogen and oxygen atoms in total. The molecular weight excluding hydrogens is 534 g/mol. The monoisotopic (exact) mass is 565 g/mol. The molecule has 0 spiro atoms. The van der Waals surface area contributed by atoms with Crippen LogP contribution in [0.5, 0.6) is 0 Å². The summed E-state index contributed by atoms with van der Waals surface area (Å²) < 4.78 is 6.08. The van der Waals surface area contributed by atoms with Crippen molar-refractivity contribution in [3.05, 3.63) is 163 Å². The molecule has 0 fully saturated rings. The minimum atomic E-state index is 0.914. The molecule has 0 radical (unpaired) electrons. The average Bonchev–Trinajstić information content (AvgIpc) is 3.44. The van der Waals surface area contributed by atoms with Crippen molar-refractivity contribution in [2.45, 2.75) is 13.8 Å². The van der Waals surface area contributed by atoms with E-state index in [1.165, 1.54) is 44.2 Å². The third kappa shape index (κ3) is 4.44. The zero-order valence-electron chi connectivity index (χ0n) is 24.8. The first-order chi connectivity index (χ1) is 21.6. The average molecular weight is 566 g/mol. The molecule has 1 aromatic heterocycles. The number of fused-ring (bicyclic) bond motifs is 4. The number of anilines is 3. The molecule has 2 heteroatoms. The number of nitrogens with zero attached hydrogens (tertiary/aromatic N) is 1. The number of aryl methyl sites for hydroxylation is 2. The molecule has 0 aliphatic heterocycles. The Morgan fingerprint density at radius 3 is 1.95 bits per heavy atom. The normalized spacial score (nSPS) is 11.4. The molecule has 0 amide bonds. The third-order valence-corrected chi connectivity index (χ3v) is 8.76. The van der Waals surface area contributed by atoms with E-state index in [4.69, 9.17) is 4.42 Å². The van der Waals surface area contributed by atoms with E-state index < -0.39 is 0 Å². The first kappa shape index (κ1) is 26.1. The highest BCUT2D eigenvalue weighted by Gasteiger charge is 2.18. The van der Waals surface area contributed by atoms with E-state index >= 15 is 0 Å². The summed E-state index contributed by atoms with van der Waals surface area (Å²) in [6, 6.07) is 54.3. The second-order valence-electron chi connectivity index (χ2n) is 11.5. The zero-order chi connectivity index (χ0) is 29.6. The first-order valence-corrected chi connectivity index (χ1v) is 15.1. The molecular formula is C42H31NO. The number of rotatable bonds is 5. The van der Waals surface area contributed by atoms with E-state index in [0.29, 0.717) is 0 Å². The minimum absolute atomic E-state index is 0.914. The smallest absolute Gasteiger partial charge is 0.135 e. The van der Waals surface area contributed by atoms with Crippen LogP contribution in [0.15, 0.2) is 156 Å². The molecule has 0 saturated carbocycles. The van der Waals surface area contributed by atoms with E-state index in [2.05, 4.69) is 158 Å². The molecule has 8 rings (SSSR count). The van der Waals surface area contributed by atoms with Crippen LogP contribution in [0, 0.1) is 13.8 Å². The van der Waals surface area contributed by atoms with Crippen LogP contribution >= 0.6 is 0 Å². The van der Waals surface area contributed by atoms with Gasteiger partial charge in [0.25, 0.3) is 0 Å². The van der Waals surface area contributed by atoms with Crippen molar-refractivity contribution in [2.75, 3.05) is 4.90 Å². The molecule has 7 aromatic carbocycles. The van der Waals surface area contributed by atoms with Crippen molar-refractivity contribution in [3.63, 3.8) is 0 Å². The standard InChI is InChI=1S/C42H31NO/c1-28-10-3-5-13-35(28)38-27-34(22-18-29(38)2)43(40-16-9-12-31-11-4-6-14-36(31)40)33-23-19-30(20-24-33)32-21-25-42-39(26-32)37-15-7-8-17-41(37)44-42/h3-27H,1-2H3. The van der Waals surface area contributed by atoms with Crippen molar-refractivity contribution >= 4 is 49.8 Å². The fourth-order valence-electron chi connectivity index (χ4n) is 6.45. The van der Waals surface area contributed by atoms with Crippen molar-refractivity contribution in [1.82, 2.24) is 0 Å². The Morgan fingerprint density at radius 1 is 0.432 bits per heavy atom. The number of hydrogen-bond donors (Lipinski definition) is 0. The van der Waals surface area contributed by atoms with E-state index in [9.17, 15) is 0 Å². The predicted molar refractivity (Wildman–Crippen MR) is 186 cm³/mol. The van der Waals surface area contributed by atoms with Gasteiger partial charge in [0.05, 0.1) is 5.69 Å². The Balaban J connectivity index is 1.27. The summed E-state index contributed by atoms with van der Waals surface area (Å²) in [5.41, 5.74) is 12.6. The van der Waals surface area contributed by atoms with Crippen LogP contribution in [-0.2, 0) is 0 Å². The molecule has 8 aromatic rings. The lowest BCUT2D eigenvalue weighted by Gasteiger charge is -2.28. The van der Waals surface area contributed by atoms with E-state index in [1.54, 1.807) is 0 Å². The zero-order valence-corrected chi connectivity index (χ0v) is 24.8. The van der Waals surface area contributed by atoms with Crippen LogP contribution in [0.3, 0.4) is 0 Å². The quantitative estimate of drug-likeness (QED) is 0.206. The summed E-state index contributed by atoms with van der Waals surface area (Å²) >= 11 is 0. The lowest BCUT2D eigenvalue weighted by Crippen LogP contribution is -2.11. The maximum atomic E-state index is 6.08. The molecule has 210 valence electrons. The van der Waals surface area contributed by atoms with Crippen LogP contribution < -0.4 is 4.90 Å². The Kier molecular flexibility index (Phi) is 6.27. The maximum absolute atomic E-state index is 6.08. The highest BCUT2D eigenvalue weighted by atomic mass is 16.3. The van der Waals surface area contributed by atoms with Gasteiger partial charge in [-0.3, -0.25) is 0 Å². The van der Waals surface area contributed by atoms with Gasteiger partial charge in [-0.25, -0.2) is 0 Å². The molecule has 0 unspecified atom stereocenters. The van der Waals surface area contributed by atoms with Crippen LogP contribution in [-0.4, -0.2) is 0 Å². The van der Waals surface area contributed by atoms with Crippen LogP contribution in [0.4, 0.5) is 17.1 Å². The molecule has 1 heterocycles. The van der Waals surface area contributed by atoms with Crippen LogP contribution in [0.2, 0.25) is 0 Å². The van der Waals surface area contributed by atoms with Crippen LogP contribution in [0.1, 0.15) is 11.1 Å². The van der Waals surface area contributed by atoms with Crippen molar-refractivity contribution in [3.8, 4) is 22.3 Å². The van der Waals surface area contributed by atoms with Gasteiger partial charge in [0.15, 0.2) is 0 Å². The fourth-order valence-corrected chi connectivity index (χ4v) is 6.45. The van der Waals surface area contributed by atoms with Gasteiger partial charge in [0.2, 0.25) is 0 Å². The second kappa shape index (κ2) is 10.6. The predicted octanol–water partition coefficient (Wildman–Crippen LogP) is 12.2. The highest BCUT2D eigenvalue weighted by Crippen LogP contribution is 2.42. The number of furan rings is 1. The molecule has 0 aliphatic carbocycles. The van der Waals surface area contributed by atoms with Gasteiger partial charge in [0.1, 0.15) is 11.2 Å². The van der Waals surface area contributed by atoms with E-state index in [1.807, 2.05) is 12.1 Å². The Bertz CT molecular complexity index is 2300. The van der Waals surface area contributed by atoms with E-state index in [-0.39, 0.29) is 0 Å². The second-order valence-corrected chi connectivity index (χ2v) is 11.5. The van der Waals surface area contributed by atoms with Gasteiger partial charge in [-0.05, 0) is 101 Å². The Hall–Kier alpha value is -5.60. The van der Waals surface area contributed by atoms with Gasteiger partial charge in [0, 0.05) is 27.5 Å². The summed E-state index contributed by atoms with van der Waals surface area (Å²) in [6.45, 7) is 4.38. The SMILES string of the molecule is Cc1ccccc1-c1cc(N(c2ccc(-c3ccc4oc5ccccc5c4c3)cc2)c2cccc3ccccc23)ccc1C. The minimum Gasteiger partial charge on any atom is -0.456 e. The van der Waals surface area contributed by atoms with E-state index in [0.717, 1.165) is 39.0 Å². The molecule has 0 bridgehead atoms. The summed E-state index contributed by atoms with van der Waals surface area (Å²) in [6.07, 6.45) is 0. The lowest BCUT2D eigenvalue weighted by molar-refractivity contribution is 0.669. The summed E-state index contributed by atoms with van der Waals surface area (Å²) in [5, 5.41) is 4.72. The largest absolute Gasteiger partial charge is 0.456 e. The Labute approximate surface area is 257 Å². The van der Waals surface area contributed by atoms with Gasteiger partial charge >= 0.3 is 0 Å². The van der Waals surface area contributed by atoms with Gasteiger partial charge in [-0.1, -0.05) is 103 Å². The summed E-state index contributed by atoms with van der Waals surface area (Å²) in [4.78, 5) is 2.39. The van der Waals surface area contributed by atoms with Gasteiger partial charge in [-0.15, -0.1) is 0 Å². The summed E-state index contributed by atoms with van der Waals surface area (Å²) in [5.74, 6) is 0. The number of benzene rings is 7. The van der Waals surface area contributed by atoms with Crippen molar-refractivity contribution in [2.24, 2.45) is 0 Å². The molecule has 0 saturated heterocycles. The summed E-state index contributed by atoms with van der Waals surface area (Å²) in [7, 11) is 0. The van der Waals surface area contributed by atoms with Crippen molar-refractivity contribution in [1.29, 1.82) is 0 Å². The maximum Gasteiger partial charge on any atom is 0.135 e. The van der Waals surface area contributed by atoms with Gasteiger partial charge in [-0.2, -0.15) is 0 Å². The Morgan fingerprint density at radius 2 is 1.09 bits per heavy atom. The van der Waals surface area contributed by atoms with Gasteiger partial charge < -0.3 is 9.32 Å².